The fraction of sp³-hybridized carbons (Fsp3) is 0.686. The van der Waals surface area contributed by atoms with Gasteiger partial charge in [-0.15, -0.1) is 0 Å². The summed E-state index contributed by atoms with van der Waals surface area (Å²) < 4.78 is 250. The van der Waals surface area contributed by atoms with Crippen molar-refractivity contribution in [2.24, 2.45) is 5.92 Å². The van der Waals surface area contributed by atoms with E-state index in [2.05, 4.69) is 0 Å². The smallest absolute Gasteiger partial charge is 0.460 e. The summed E-state index contributed by atoms with van der Waals surface area (Å²) in [5.74, 6) is -57.5. The van der Waals surface area contributed by atoms with E-state index in [0.717, 1.165) is 0 Å². The lowest BCUT2D eigenvalue weighted by molar-refractivity contribution is -0.461. The number of carbonyl (C=O) groups is 1. The number of rotatable bonds is 22. The molecule has 0 spiro atoms. The van der Waals surface area contributed by atoms with Crippen molar-refractivity contribution >= 4 is 14.3 Å². The molecule has 0 amide bonds. The summed E-state index contributed by atoms with van der Waals surface area (Å²) in [7, 11) is -3.95. The molecule has 0 radical (unpaired) electrons. The zero-order valence-electron chi connectivity index (χ0n) is 31.9. The second-order valence-corrected chi connectivity index (χ2v) is 19.0. The van der Waals surface area contributed by atoms with Crippen molar-refractivity contribution in [3.63, 3.8) is 0 Å². The summed E-state index contributed by atoms with van der Waals surface area (Å²) in [6.07, 6.45) is -6.89. The zero-order chi connectivity index (χ0) is 45.7. The highest BCUT2D eigenvalue weighted by molar-refractivity contribution is 6.76. The third-order valence-corrected chi connectivity index (χ3v) is 15.0. The second-order valence-electron chi connectivity index (χ2n) is 14.0. The standard InChI is InChI=1S/C35H43F17O5Si/c1-8-55-26(53)19-22(6)9-10-23(7)27(54)24-11-13-25(14-12-24)56-16-17-57-58(20(2)3,21(4)5)18-15-28(36,37)29(38,39)30(40,41)31(42,43)32(44,45)33(46,47)34(48,49)35(50,51)52/h9-14,19-21,23,27,54H,8,15-18H2,1-7H3/b10-9+,22-19+/t23-,27-/m0/s1. The number of halogens is 17. The summed E-state index contributed by atoms with van der Waals surface area (Å²) in [5.41, 5.74) is -0.726. The number of aliphatic hydroxyl groups is 1. The largest absolute Gasteiger partial charge is 0.491 e. The molecule has 2 atom stereocenters. The number of allylic oxidation sites excluding steroid dienone is 2. The van der Waals surface area contributed by atoms with Gasteiger partial charge in [-0.3, -0.25) is 0 Å². The molecule has 1 rings (SSSR count). The van der Waals surface area contributed by atoms with Crippen LogP contribution in [0.2, 0.25) is 17.1 Å². The van der Waals surface area contributed by atoms with Gasteiger partial charge >= 0.3 is 53.6 Å². The molecule has 336 valence electrons. The molecule has 58 heavy (non-hydrogen) atoms. The van der Waals surface area contributed by atoms with Crippen LogP contribution in [-0.2, 0) is 14.0 Å². The third kappa shape index (κ3) is 10.4. The molecule has 0 heterocycles. The molecule has 1 aromatic carbocycles. The van der Waals surface area contributed by atoms with Crippen molar-refractivity contribution in [2.45, 2.75) is 126 Å². The van der Waals surface area contributed by atoms with Crippen molar-refractivity contribution in [3.8, 4) is 5.75 Å². The summed E-state index contributed by atoms with van der Waals surface area (Å²) in [5, 5.41) is 10.7. The molecular weight excluding hydrogens is 851 g/mol. The van der Waals surface area contributed by atoms with E-state index in [9.17, 15) is 84.5 Å². The van der Waals surface area contributed by atoms with E-state index < -0.39 is 104 Å². The van der Waals surface area contributed by atoms with Gasteiger partial charge in [-0.2, -0.15) is 74.6 Å². The third-order valence-electron chi connectivity index (χ3n) is 9.31. The van der Waals surface area contributed by atoms with Gasteiger partial charge in [0.25, 0.3) is 0 Å². The van der Waals surface area contributed by atoms with Gasteiger partial charge in [0, 0.05) is 18.4 Å². The average Bonchev–Trinajstić information content (AvgIpc) is 3.08. The Morgan fingerprint density at radius 3 is 1.59 bits per heavy atom. The fourth-order valence-corrected chi connectivity index (χ4v) is 10.1. The highest BCUT2D eigenvalue weighted by atomic mass is 28.4. The van der Waals surface area contributed by atoms with Crippen LogP contribution in [0.5, 0.6) is 5.75 Å². The van der Waals surface area contributed by atoms with Crippen molar-refractivity contribution < 1.29 is 98.4 Å². The first kappa shape index (κ1) is 52.9. The summed E-state index contributed by atoms with van der Waals surface area (Å²) in [6.45, 7) is 9.60. The number of carbonyl (C=O) groups excluding carboxylic acids is 1. The van der Waals surface area contributed by atoms with Crippen LogP contribution in [-0.4, -0.2) is 86.8 Å². The first-order valence-corrected chi connectivity index (χ1v) is 19.5. The van der Waals surface area contributed by atoms with E-state index in [1.54, 1.807) is 32.9 Å². The minimum Gasteiger partial charge on any atom is -0.491 e. The summed E-state index contributed by atoms with van der Waals surface area (Å²) in [4.78, 5) is 11.6. The highest BCUT2D eigenvalue weighted by Gasteiger charge is 2.95. The van der Waals surface area contributed by atoms with Crippen LogP contribution in [0.3, 0.4) is 0 Å². The molecule has 5 nitrogen and oxygen atoms in total. The van der Waals surface area contributed by atoms with Gasteiger partial charge in [0.15, 0.2) is 8.32 Å². The van der Waals surface area contributed by atoms with Crippen molar-refractivity contribution in [1.29, 1.82) is 0 Å². The molecule has 0 saturated carbocycles. The summed E-state index contributed by atoms with van der Waals surface area (Å²) in [6, 6.07) is 4.49. The van der Waals surface area contributed by atoms with E-state index in [-0.39, 0.29) is 19.0 Å². The van der Waals surface area contributed by atoms with Crippen LogP contribution >= 0.6 is 0 Å². The first-order valence-electron chi connectivity index (χ1n) is 17.3. The topological polar surface area (TPSA) is 65.0 Å². The van der Waals surface area contributed by atoms with E-state index in [1.807, 2.05) is 0 Å². The van der Waals surface area contributed by atoms with Crippen LogP contribution in [0.15, 0.2) is 48.1 Å². The van der Waals surface area contributed by atoms with Crippen LogP contribution in [0.25, 0.3) is 0 Å². The SMILES string of the molecule is CCOC(=O)/C=C(C)/C=C/[C@H](C)[C@H](O)c1ccc(OCCO[Si](CCC(F)(F)C(F)(F)C(F)(F)C(F)(F)C(F)(F)C(F)(F)C(F)(F)C(F)(F)F)(C(C)C)C(C)C)cc1. The maximum absolute atomic E-state index is 14.9. The molecular formula is C35H43F17O5Si. The number of alkyl halides is 17. The number of hydrogen-bond donors (Lipinski definition) is 1. The van der Waals surface area contributed by atoms with Gasteiger partial charge in [0.1, 0.15) is 12.4 Å². The van der Waals surface area contributed by atoms with E-state index >= 15 is 0 Å². The molecule has 1 N–H and O–H groups in total. The molecule has 0 bridgehead atoms. The Kier molecular flexibility index (Phi) is 17.0. The van der Waals surface area contributed by atoms with Crippen LogP contribution < -0.4 is 4.74 Å². The molecule has 0 fully saturated rings. The van der Waals surface area contributed by atoms with Gasteiger partial charge in [-0.05, 0) is 54.2 Å². The van der Waals surface area contributed by atoms with Crippen LogP contribution in [0, 0.1) is 5.92 Å². The first-order chi connectivity index (χ1) is 26.0. The minimum absolute atomic E-state index is 0.169. The number of benzene rings is 1. The highest BCUT2D eigenvalue weighted by Crippen LogP contribution is 2.64. The van der Waals surface area contributed by atoms with Gasteiger partial charge in [-0.1, -0.05) is 58.9 Å². The number of aliphatic hydroxyl groups excluding tert-OH is 1. The van der Waals surface area contributed by atoms with Gasteiger partial charge in [-0.25, -0.2) is 4.79 Å². The van der Waals surface area contributed by atoms with E-state index in [1.165, 1.54) is 58.0 Å². The maximum atomic E-state index is 14.9. The Labute approximate surface area is 323 Å². The lowest BCUT2D eigenvalue weighted by Crippen LogP contribution is -2.74. The second kappa shape index (κ2) is 18.7. The van der Waals surface area contributed by atoms with Gasteiger partial charge in [0.05, 0.1) is 19.3 Å². The van der Waals surface area contributed by atoms with Crippen molar-refractivity contribution in [1.82, 2.24) is 0 Å². The van der Waals surface area contributed by atoms with Crippen molar-refractivity contribution in [3.05, 3.63) is 53.6 Å². The Bertz CT molecular complexity index is 1550. The molecule has 0 aliphatic rings. The predicted octanol–water partition coefficient (Wildman–Crippen LogP) is 12.0. The lowest BCUT2D eigenvalue weighted by Gasteiger charge is -2.44. The van der Waals surface area contributed by atoms with Crippen molar-refractivity contribution in [2.75, 3.05) is 19.8 Å². The summed E-state index contributed by atoms with van der Waals surface area (Å²) >= 11 is 0. The predicted molar refractivity (Wildman–Crippen MR) is 178 cm³/mol. The van der Waals surface area contributed by atoms with Crippen LogP contribution in [0.4, 0.5) is 74.6 Å². The zero-order valence-corrected chi connectivity index (χ0v) is 32.9. The van der Waals surface area contributed by atoms with Crippen LogP contribution in [0.1, 0.15) is 66.6 Å². The molecule has 0 aromatic heterocycles. The Morgan fingerprint density at radius 2 is 1.16 bits per heavy atom. The molecule has 1 aromatic rings. The molecule has 0 unspecified atom stereocenters. The Hall–Kier alpha value is -3.08. The van der Waals surface area contributed by atoms with E-state index in [0.29, 0.717) is 11.1 Å². The number of hydrogen-bond acceptors (Lipinski definition) is 5. The number of esters is 1. The molecule has 0 aliphatic carbocycles. The quantitative estimate of drug-likeness (QED) is 0.0314. The lowest BCUT2D eigenvalue weighted by atomic mass is 9.88. The molecule has 0 aliphatic heterocycles. The Balaban J connectivity index is 3.18. The van der Waals surface area contributed by atoms with Gasteiger partial charge < -0.3 is 19.0 Å². The number of ether oxygens (including phenoxy) is 2. The normalized spacial score (nSPS) is 16.0. The Morgan fingerprint density at radius 1 is 0.707 bits per heavy atom. The molecule has 0 saturated heterocycles. The minimum atomic E-state index is -8.68. The van der Waals surface area contributed by atoms with E-state index in [4.69, 9.17) is 13.9 Å². The van der Waals surface area contributed by atoms with Gasteiger partial charge in [0.2, 0.25) is 0 Å². The fourth-order valence-electron chi connectivity index (χ4n) is 5.64. The average molecular weight is 895 g/mol. The maximum Gasteiger partial charge on any atom is 0.460 e. The monoisotopic (exact) mass is 894 g/mol. The molecule has 23 heteroatoms.